The van der Waals surface area contributed by atoms with Gasteiger partial charge < -0.3 is 15.7 Å². The van der Waals surface area contributed by atoms with Crippen molar-refractivity contribution >= 4 is 11.8 Å². The second-order valence-corrected chi connectivity index (χ2v) is 7.01. The molecule has 1 fully saturated rings. The molecule has 2 aromatic rings. The van der Waals surface area contributed by atoms with Crippen molar-refractivity contribution in [3.63, 3.8) is 0 Å². The highest BCUT2D eigenvalue weighted by Crippen LogP contribution is 2.26. The Kier molecular flexibility index (Phi) is 5.54. The monoisotopic (exact) mass is 375 g/mol. The second kappa shape index (κ2) is 7.87. The van der Waals surface area contributed by atoms with Gasteiger partial charge in [0.2, 0.25) is 5.91 Å². The van der Waals surface area contributed by atoms with Gasteiger partial charge in [-0.2, -0.15) is 20.5 Å². The molecular formula is C17H25N7O3. The first-order chi connectivity index (χ1) is 12.8. The summed E-state index contributed by atoms with van der Waals surface area (Å²) in [6.07, 6.45) is -0.0720. The number of aromatic amines is 1. The highest BCUT2D eigenvalue weighted by Gasteiger charge is 2.38. The molecule has 3 atom stereocenters. The van der Waals surface area contributed by atoms with Crippen LogP contribution in [0.25, 0.3) is 0 Å². The third-order valence-corrected chi connectivity index (χ3v) is 4.88. The molecule has 0 unspecified atom stereocenters. The zero-order valence-electron chi connectivity index (χ0n) is 15.7. The first kappa shape index (κ1) is 19.0. The number of aromatic nitrogens is 5. The molecule has 0 bridgehead atoms. The fourth-order valence-electron chi connectivity index (χ4n) is 3.45. The normalized spacial score (nSPS) is 22.0. The lowest BCUT2D eigenvalue weighted by Crippen LogP contribution is -2.40. The van der Waals surface area contributed by atoms with E-state index in [2.05, 4.69) is 31.1 Å². The van der Waals surface area contributed by atoms with Gasteiger partial charge in [0.15, 0.2) is 5.69 Å². The van der Waals surface area contributed by atoms with Gasteiger partial charge in [0.05, 0.1) is 30.1 Å². The summed E-state index contributed by atoms with van der Waals surface area (Å²) < 4.78 is 1.85. The number of aliphatic hydroxyl groups is 1. The van der Waals surface area contributed by atoms with Crippen LogP contribution in [0.3, 0.4) is 0 Å². The summed E-state index contributed by atoms with van der Waals surface area (Å²) in [7, 11) is 0. The number of hydrogen-bond donors (Lipinski definition) is 4. The van der Waals surface area contributed by atoms with Crippen molar-refractivity contribution in [1.29, 1.82) is 0 Å². The van der Waals surface area contributed by atoms with Crippen LogP contribution in [0, 0.1) is 26.7 Å². The van der Waals surface area contributed by atoms with Crippen molar-refractivity contribution in [2.75, 3.05) is 6.54 Å². The van der Waals surface area contributed by atoms with Crippen molar-refractivity contribution in [3.05, 3.63) is 28.8 Å². The summed E-state index contributed by atoms with van der Waals surface area (Å²) in [4.78, 5) is 24.6. The molecule has 4 N–H and O–H groups in total. The van der Waals surface area contributed by atoms with Crippen LogP contribution in [0.2, 0.25) is 0 Å². The van der Waals surface area contributed by atoms with E-state index in [4.69, 9.17) is 0 Å². The molecule has 0 aliphatic heterocycles. The number of aryl methyl sites for hydroxylation is 3. The minimum Gasteiger partial charge on any atom is -0.391 e. The summed E-state index contributed by atoms with van der Waals surface area (Å²) >= 11 is 0. The molecule has 10 nitrogen and oxygen atoms in total. The molecule has 3 rings (SSSR count). The smallest absolute Gasteiger partial charge is 0.274 e. The van der Waals surface area contributed by atoms with E-state index < -0.39 is 18.1 Å². The Morgan fingerprint density at radius 2 is 2.07 bits per heavy atom. The van der Waals surface area contributed by atoms with Crippen molar-refractivity contribution in [3.8, 4) is 0 Å². The Balaban J connectivity index is 1.48. The van der Waals surface area contributed by atoms with E-state index in [1.165, 1.54) is 0 Å². The summed E-state index contributed by atoms with van der Waals surface area (Å²) in [6, 6.07) is 1.50. The number of H-pyrrole nitrogens is 1. The van der Waals surface area contributed by atoms with Gasteiger partial charge in [0.1, 0.15) is 0 Å². The fraction of sp³-hybridized carbons (Fsp3) is 0.588. The molecule has 2 amide bonds. The maximum absolute atomic E-state index is 12.4. The van der Waals surface area contributed by atoms with E-state index in [1.807, 2.05) is 24.6 Å². The molecule has 2 aromatic heterocycles. The number of carbonyl (C=O) groups excluding carboxylic acids is 2. The van der Waals surface area contributed by atoms with Crippen molar-refractivity contribution in [1.82, 2.24) is 35.8 Å². The van der Waals surface area contributed by atoms with E-state index in [1.54, 1.807) is 6.92 Å². The number of carbonyl (C=O) groups is 2. The Bertz CT molecular complexity index is 828. The third kappa shape index (κ3) is 4.33. The molecular weight excluding hydrogens is 350 g/mol. The number of nitrogens with zero attached hydrogens (tertiary/aromatic N) is 4. The minimum atomic E-state index is -0.770. The van der Waals surface area contributed by atoms with Gasteiger partial charge in [-0.3, -0.25) is 14.3 Å². The zero-order chi connectivity index (χ0) is 19.6. The van der Waals surface area contributed by atoms with Gasteiger partial charge in [-0.15, -0.1) is 0 Å². The molecule has 0 spiro atoms. The Morgan fingerprint density at radius 1 is 1.30 bits per heavy atom. The molecule has 0 saturated heterocycles. The van der Waals surface area contributed by atoms with Crippen LogP contribution in [-0.2, 0) is 11.3 Å². The summed E-state index contributed by atoms with van der Waals surface area (Å²) in [5, 5.41) is 30.2. The highest BCUT2D eigenvalue weighted by molar-refractivity contribution is 5.93. The van der Waals surface area contributed by atoms with Crippen LogP contribution in [-0.4, -0.2) is 60.8 Å². The van der Waals surface area contributed by atoms with Crippen LogP contribution in [0.5, 0.6) is 0 Å². The van der Waals surface area contributed by atoms with E-state index in [0.717, 1.165) is 11.4 Å². The van der Waals surface area contributed by atoms with Crippen molar-refractivity contribution in [2.45, 2.75) is 52.3 Å². The van der Waals surface area contributed by atoms with Gasteiger partial charge in [0, 0.05) is 18.2 Å². The quantitative estimate of drug-likeness (QED) is 0.543. The van der Waals surface area contributed by atoms with E-state index >= 15 is 0 Å². The van der Waals surface area contributed by atoms with E-state index in [9.17, 15) is 14.7 Å². The summed E-state index contributed by atoms with van der Waals surface area (Å²) in [5.41, 5.74) is 2.67. The minimum absolute atomic E-state index is 0.120. The number of aliphatic hydroxyl groups excluding tert-OH is 1. The summed E-state index contributed by atoms with van der Waals surface area (Å²) in [5.74, 6) is -0.870. The average Bonchev–Trinajstić information content (AvgIpc) is 3.28. The SMILES string of the molecule is Cc1cc(C)n(CCNC(=O)[C@@H]2C[C@@H](O)[C@H](NC(=O)c3n[nH]nc3C)C2)n1. The molecule has 27 heavy (non-hydrogen) atoms. The molecule has 146 valence electrons. The maximum atomic E-state index is 12.4. The van der Waals surface area contributed by atoms with Crippen molar-refractivity contribution < 1.29 is 14.7 Å². The Morgan fingerprint density at radius 3 is 2.70 bits per heavy atom. The van der Waals surface area contributed by atoms with Crippen LogP contribution >= 0.6 is 0 Å². The first-order valence-corrected chi connectivity index (χ1v) is 9.00. The Labute approximate surface area is 156 Å². The number of rotatable bonds is 6. The topological polar surface area (TPSA) is 138 Å². The van der Waals surface area contributed by atoms with Crippen LogP contribution < -0.4 is 10.6 Å². The molecule has 0 radical (unpaired) electrons. The third-order valence-electron chi connectivity index (χ3n) is 4.88. The number of hydrogen-bond acceptors (Lipinski definition) is 6. The first-order valence-electron chi connectivity index (χ1n) is 9.00. The molecule has 0 aromatic carbocycles. The average molecular weight is 375 g/mol. The van der Waals surface area contributed by atoms with Crippen LogP contribution in [0.4, 0.5) is 0 Å². The largest absolute Gasteiger partial charge is 0.391 e. The standard InChI is InChI=1S/C17H25N7O3/c1-9-6-10(2)24(22-9)5-4-18-16(26)12-7-13(14(25)8-12)19-17(27)15-11(3)20-23-21-15/h6,12-14,25H,4-5,7-8H2,1-3H3,(H,18,26)(H,19,27)(H,20,21,23)/t12-,13+,14+/m0/s1. The van der Waals surface area contributed by atoms with Gasteiger partial charge in [-0.05, 0) is 39.7 Å². The van der Waals surface area contributed by atoms with Gasteiger partial charge >= 0.3 is 0 Å². The number of amides is 2. The van der Waals surface area contributed by atoms with Gasteiger partial charge in [-0.25, -0.2) is 0 Å². The van der Waals surface area contributed by atoms with Crippen LogP contribution in [0.15, 0.2) is 6.07 Å². The lowest BCUT2D eigenvalue weighted by Gasteiger charge is -2.15. The fourth-order valence-corrected chi connectivity index (χ4v) is 3.45. The Hall–Kier alpha value is -2.75. The van der Waals surface area contributed by atoms with Gasteiger partial charge in [0.25, 0.3) is 5.91 Å². The molecule has 10 heteroatoms. The molecule has 1 aliphatic rings. The lowest BCUT2D eigenvalue weighted by atomic mass is 10.1. The van der Waals surface area contributed by atoms with E-state index in [0.29, 0.717) is 31.6 Å². The van der Waals surface area contributed by atoms with Gasteiger partial charge in [-0.1, -0.05) is 0 Å². The lowest BCUT2D eigenvalue weighted by molar-refractivity contribution is -0.125. The predicted molar refractivity (Wildman–Crippen MR) is 95.8 cm³/mol. The zero-order valence-corrected chi connectivity index (χ0v) is 15.7. The number of nitrogens with one attached hydrogen (secondary N) is 3. The second-order valence-electron chi connectivity index (χ2n) is 7.01. The molecule has 1 aliphatic carbocycles. The van der Waals surface area contributed by atoms with Crippen LogP contribution in [0.1, 0.15) is 40.4 Å². The highest BCUT2D eigenvalue weighted by atomic mass is 16.3. The molecule has 2 heterocycles. The predicted octanol–water partition coefficient (Wildman–Crippen LogP) is -0.388. The van der Waals surface area contributed by atoms with Crippen molar-refractivity contribution in [2.24, 2.45) is 5.92 Å². The van der Waals surface area contributed by atoms with E-state index in [-0.39, 0.29) is 17.5 Å². The maximum Gasteiger partial charge on any atom is 0.274 e. The molecule has 1 saturated carbocycles. The summed E-state index contributed by atoms with van der Waals surface area (Å²) in [6.45, 7) is 6.62.